The predicted octanol–water partition coefficient (Wildman–Crippen LogP) is 2.84. The Morgan fingerprint density at radius 2 is 1.96 bits per heavy atom. The molecule has 8 heteroatoms. The second-order valence-electron chi connectivity index (χ2n) is 6.37. The second-order valence-corrected chi connectivity index (χ2v) is 7.23. The number of rotatable bonds is 6. The molecular formula is C19H23N5O2S. The van der Waals surface area contributed by atoms with E-state index in [-0.39, 0.29) is 17.4 Å². The number of thiazole rings is 1. The fourth-order valence-electron chi connectivity index (χ4n) is 2.93. The molecule has 0 amide bonds. The van der Waals surface area contributed by atoms with E-state index in [4.69, 9.17) is 5.73 Å². The Morgan fingerprint density at radius 1 is 1.26 bits per heavy atom. The van der Waals surface area contributed by atoms with Crippen LogP contribution in [0.3, 0.4) is 0 Å². The van der Waals surface area contributed by atoms with Crippen LogP contribution in [0.4, 0.5) is 10.9 Å². The summed E-state index contributed by atoms with van der Waals surface area (Å²) in [5.41, 5.74) is 7.21. The van der Waals surface area contributed by atoms with Crippen LogP contribution in [0.15, 0.2) is 45.3 Å². The van der Waals surface area contributed by atoms with E-state index in [1.807, 2.05) is 44.2 Å². The summed E-state index contributed by atoms with van der Waals surface area (Å²) in [6.07, 6.45) is 0.736. The summed E-state index contributed by atoms with van der Waals surface area (Å²) in [6, 6.07) is 10.1. The molecule has 3 aromatic rings. The second kappa shape index (κ2) is 7.79. The van der Waals surface area contributed by atoms with E-state index < -0.39 is 11.2 Å². The third-order valence-electron chi connectivity index (χ3n) is 4.43. The van der Waals surface area contributed by atoms with Gasteiger partial charge in [0.05, 0.1) is 11.7 Å². The lowest BCUT2D eigenvalue weighted by Gasteiger charge is -2.14. The average Bonchev–Trinajstić information content (AvgIpc) is 3.12. The number of aromatic nitrogens is 3. The first-order chi connectivity index (χ1) is 12.9. The largest absolute Gasteiger partial charge is 0.384 e. The number of benzene rings is 1. The summed E-state index contributed by atoms with van der Waals surface area (Å²) in [5, 5.41) is 5.82. The van der Waals surface area contributed by atoms with Crippen molar-refractivity contribution in [1.29, 1.82) is 0 Å². The third-order valence-corrected chi connectivity index (χ3v) is 5.20. The van der Waals surface area contributed by atoms with Crippen molar-refractivity contribution in [2.24, 2.45) is 7.05 Å². The van der Waals surface area contributed by atoms with Crippen LogP contribution in [-0.4, -0.2) is 14.1 Å². The van der Waals surface area contributed by atoms with Crippen molar-refractivity contribution in [2.75, 3.05) is 11.1 Å². The van der Waals surface area contributed by atoms with Gasteiger partial charge in [0.25, 0.3) is 5.56 Å². The van der Waals surface area contributed by atoms with Crippen LogP contribution in [0.25, 0.3) is 11.3 Å². The van der Waals surface area contributed by atoms with Gasteiger partial charge in [-0.1, -0.05) is 37.3 Å². The van der Waals surface area contributed by atoms with Crippen LogP contribution in [0.2, 0.25) is 0 Å². The molecule has 0 saturated carbocycles. The zero-order chi connectivity index (χ0) is 19.6. The molecule has 142 valence electrons. The lowest BCUT2D eigenvalue weighted by Crippen LogP contribution is -2.40. The number of nitrogen functional groups attached to an aromatic ring is 1. The van der Waals surface area contributed by atoms with Gasteiger partial charge >= 0.3 is 5.69 Å². The number of hydrogen-bond acceptors (Lipinski definition) is 6. The maximum atomic E-state index is 12.6. The molecule has 3 rings (SSSR count). The first kappa shape index (κ1) is 18.9. The lowest BCUT2D eigenvalue weighted by molar-refractivity contribution is 0.600. The molecule has 0 fully saturated rings. The minimum atomic E-state index is -0.433. The molecule has 0 bridgehead atoms. The molecular weight excluding hydrogens is 362 g/mol. The predicted molar refractivity (Wildman–Crippen MR) is 110 cm³/mol. The molecule has 0 aliphatic carbocycles. The average molecular weight is 385 g/mol. The highest BCUT2D eigenvalue weighted by Gasteiger charge is 2.19. The topological polar surface area (TPSA) is 94.9 Å². The van der Waals surface area contributed by atoms with Crippen LogP contribution < -0.4 is 22.3 Å². The summed E-state index contributed by atoms with van der Waals surface area (Å²) in [7, 11) is 1.46. The zero-order valence-electron chi connectivity index (χ0n) is 15.6. The number of nitrogens with two attached hydrogens (primary N) is 1. The lowest BCUT2D eigenvalue weighted by atomic mass is 10.1. The van der Waals surface area contributed by atoms with Gasteiger partial charge < -0.3 is 11.1 Å². The van der Waals surface area contributed by atoms with Crippen molar-refractivity contribution < 1.29 is 0 Å². The van der Waals surface area contributed by atoms with Gasteiger partial charge in [0.15, 0.2) is 5.13 Å². The first-order valence-corrected chi connectivity index (χ1v) is 9.68. The molecule has 1 aromatic carbocycles. The zero-order valence-corrected chi connectivity index (χ0v) is 16.4. The van der Waals surface area contributed by atoms with Crippen molar-refractivity contribution in [3.05, 3.63) is 62.1 Å². The smallest absolute Gasteiger partial charge is 0.332 e. The molecule has 0 unspecified atom stereocenters. The van der Waals surface area contributed by atoms with Gasteiger partial charge in [-0.3, -0.25) is 13.9 Å². The number of nitrogens with zero attached hydrogens (tertiary/aromatic N) is 3. The highest BCUT2D eigenvalue weighted by molar-refractivity contribution is 7.14. The fourth-order valence-corrected chi connectivity index (χ4v) is 3.72. The Balaban J connectivity index is 1.97. The molecule has 1 atom stereocenters. The molecule has 7 nitrogen and oxygen atoms in total. The summed E-state index contributed by atoms with van der Waals surface area (Å²) in [6.45, 7) is 4.45. The molecule has 0 spiro atoms. The molecule has 0 radical (unpaired) electrons. The van der Waals surface area contributed by atoms with Gasteiger partial charge in [0.2, 0.25) is 0 Å². The summed E-state index contributed by atoms with van der Waals surface area (Å²) in [5.74, 6) is 0.165. The number of nitrogens with one attached hydrogen (secondary N) is 1. The van der Waals surface area contributed by atoms with Gasteiger partial charge in [-0.2, -0.15) is 0 Å². The normalized spacial score (nSPS) is 12.1. The molecule has 0 aliphatic heterocycles. The standard InChI is InChI=1S/C19H23N5O2S/c1-4-10-24-16(20)15(17(25)23(3)19(24)26)14-11-27-18(22-14)21-12(2)13-8-6-5-7-9-13/h5-9,11-12H,4,10,20H2,1-3H3,(H,21,22)/t12-/m0/s1. The van der Waals surface area contributed by atoms with Crippen LogP contribution in [0.1, 0.15) is 31.9 Å². The highest BCUT2D eigenvalue weighted by atomic mass is 32.1. The molecule has 0 saturated heterocycles. The van der Waals surface area contributed by atoms with Gasteiger partial charge in [-0.05, 0) is 18.9 Å². The van der Waals surface area contributed by atoms with Crippen LogP contribution >= 0.6 is 11.3 Å². The molecule has 27 heavy (non-hydrogen) atoms. The van der Waals surface area contributed by atoms with Gasteiger partial charge in [-0.15, -0.1) is 11.3 Å². The van der Waals surface area contributed by atoms with E-state index in [0.717, 1.165) is 16.6 Å². The van der Waals surface area contributed by atoms with Crippen molar-refractivity contribution in [2.45, 2.75) is 32.9 Å². The molecule has 2 heterocycles. The summed E-state index contributed by atoms with van der Waals surface area (Å²) < 4.78 is 2.51. The summed E-state index contributed by atoms with van der Waals surface area (Å²) >= 11 is 1.40. The van der Waals surface area contributed by atoms with E-state index in [1.54, 1.807) is 5.38 Å². The first-order valence-electron chi connectivity index (χ1n) is 8.80. The third kappa shape index (κ3) is 3.66. The van der Waals surface area contributed by atoms with E-state index in [1.165, 1.54) is 23.0 Å². The monoisotopic (exact) mass is 385 g/mol. The van der Waals surface area contributed by atoms with E-state index in [2.05, 4.69) is 10.3 Å². The van der Waals surface area contributed by atoms with E-state index >= 15 is 0 Å². The van der Waals surface area contributed by atoms with Gasteiger partial charge in [-0.25, -0.2) is 9.78 Å². The SMILES string of the molecule is CCCn1c(N)c(-c2csc(N[C@@H](C)c3ccccc3)n2)c(=O)n(C)c1=O. The van der Waals surface area contributed by atoms with Crippen molar-refractivity contribution in [3.63, 3.8) is 0 Å². The van der Waals surface area contributed by atoms with E-state index in [0.29, 0.717) is 17.4 Å². The Hall–Kier alpha value is -2.87. The molecule has 2 aromatic heterocycles. The van der Waals surface area contributed by atoms with Crippen molar-refractivity contribution >= 4 is 22.3 Å². The summed E-state index contributed by atoms with van der Waals surface area (Å²) in [4.78, 5) is 29.5. The number of hydrogen-bond donors (Lipinski definition) is 2. The number of anilines is 2. The van der Waals surface area contributed by atoms with Crippen LogP contribution in [0, 0.1) is 0 Å². The maximum absolute atomic E-state index is 12.6. The Kier molecular flexibility index (Phi) is 5.46. The highest BCUT2D eigenvalue weighted by Crippen LogP contribution is 2.28. The molecule has 3 N–H and O–H groups in total. The van der Waals surface area contributed by atoms with Crippen LogP contribution in [0.5, 0.6) is 0 Å². The molecule has 0 aliphatic rings. The fraction of sp³-hybridized carbons (Fsp3) is 0.316. The van der Waals surface area contributed by atoms with Crippen molar-refractivity contribution in [3.8, 4) is 11.3 Å². The van der Waals surface area contributed by atoms with Crippen LogP contribution in [-0.2, 0) is 13.6 Å². The Morgan fingerprint density at radius 3 is 2.63 bits per heavy atom. The van der Waals surface area contributed by atoms with Gasteiger partial charge in [0, 0.05) is 19.0 Å². The Bertz CT molecular complexity index is 1050. The minimum absolute atomic E-state index is 0.0689. The minimum Gasteiger partial charge on any atom is -0.384 e. The Labute approximate surface area is 161 Å². The van der Waals surface area contributed by atoms with Crippen molar-refractivity contribution in [1.82, 2.24) is 14.1 Å². The quantitative estimate of drug-likeness (QED) is 0.680. The maximum Gasteiger partial charge on any atom is 0.332 e. The van der Waals surface area contributed by atoms with E-state index in [9.17, 15) is 9.59 Å². The van der Waals surface area contributed by atoms with Gasteiger partial charge in [0.1, 0.15) is 11.4 Å².